The third-order valence-electron chi connectivity index (χ3n) is 11.8. The molecule has 1 unspecified atom stereocenters. The first kappa shape index (κ1) is 24.1. The van der Waals surface area contributed by atoms with E-state index in [0.29, 0.717) is 28.6 Å². The molecule has 4 saturated carbocycles. The molecule has 4 aliphatic carbocycles. The Labute approximate surface area is 193 Å². The Kier molecular flexibility index (Phi) is 6.68. The summed E-state index contributed by atoms with van der Waals surface area (Å²) in [6, 6.07) is 0. The van der Waals surface area contributed by atoms with E-state index in [4.69, 9.17) is 0 Å². The summed E-state index contributed by atoms with van der Waals surface area (Å²) in [5.41, 5.74) is 0.494. The van der Waals surface area contributed by atoms with E-state index in [1.54, 1.807) is 0 Å². The smallest absolute Gasteiger partial charge is 0.0648 e. The van der Waals surface area contributed by atoms with Crippen molar-refractivity contribution in [2.45, 2.75) is 130 Å². The topological polar surface area (TPSA) is 40.5 Å². The lowest BCUT2D eigenvalue weighted by molar-refractivity contribution is -0.154. The summed E-state index contributed by atoms with van der Waals surface area (Å²) >= 11 is 0. The first-order chi connectivity index (χ1) is 14.5. The van der Waals surface area contributed by atoms with E-state index in [1.807, 2.05) is 0 Å². The van der Waals surface area contributed by atoms with E-state index in [1.165, 1.54) is 44.9 Å². The maximum absolute atomic E-state index is 11.0. The maximum Gasteiger partial charge on any atom is 0.0648 e. The second-order valence-corrected chi connectivity index (χ2v) is 13.6. The van der Waals surface area contributed by atoms with Crippen LogP contribution in [0.4, 0.5) is 0 Å². The Morgan fingerprint density at radius 2 is 1.55 bits per heavy atom. The number of aliphatic hydroxyl groups is 2. The molecule has 4 fully saturated rings. The lowest BCUT2D eigenvalue weighted by Gasteiger charge is -2.62. The Balaban J connectivity index is 1.48. The van der Waals surface area contributed by atoms with E-state index in [-0.39, 0.29) is 11.7 Å². The molecule has 0 radical (unpaired) electrons. The van der Waals surface area contributed by atoms with Crippen LogP contribution in [0.5, 0.6) is 0 Å². The predicted octanol–water partition coefficient (Wildman–Crippen LogP) is 7.22. The summed E-state index contributed by atoms with van der Waals surface area (Å²) in [7, 11) is 0. The monoisotopic (exact) mass is 432 g/mol. The van der Waals surface area contributed by atoms with Gasteiger partial charge in [0, 0.05) is 0 Å². The zero-order valence-corrected chi connectivity index (χ0v) is 21.5. The van der Waals surface area contributed by atoms with Gasteiger partial charge in [-0.1, -0.05) is 41.5 Å². The molecule has 10 atom stereocenters. The Morgan fingerprint density at radius 3 is 2.23 bits per heavy atom. The highest BCUT2D eigenvalue weighted by molar-refractivity contribution is 5.11. The molecule has 2 nitrogen and oxygen atoms in total. The SMILES string of the molecule is CC[C@]1(O)CC[C@@]2(C)[C@H](CC[C@@H]3[C@@H]2CC[C@]2(C)[C@@H]([C@H](C)C(O)CCC(C)C)CC[C@@H]32)C1. The largest absolute Gasteiger partial charge is 0.393 e. The highest BCUT2D eigenvalue weighted by Gasteiger charge is 2.61. The molecule has 0 aromatic rings. The van der Waals surface area contributed by atoms with Crippen LogP contribution in [-0.2, 0) is 0 Å². The Bertz CT molecular complexity index is 630. The van der Waals surface area contributed by atoms with Crippen LogP contribution < -0.4 is 0 Å². The molecule has 0 amide bonds. The normalized spacial score (nSPS) is 49.3. The van der Waals surface area contributed by atoms with Gasteiger partial charge in [-0.05, 0) is 129 Å². The molecule has 2 N–H and O–H groups in total. The van der Waals surface area contributed by atoms with Crippen molar-refractivity contribution in [2.75, 3.05) is 0 Å². The molecule has 0 aromatic heterocycles. The van der Waals surface area contributed by atoms with Crippen molar-refractivity contribution in [1.82, 2.24) is 0 Å². The summed E-state index contributed by atoms with van der Waals surface area (Å²) in [4.78, 5) is 0. The first-order valence-electron chi connectivity index (χ1n) is 13.9. The summed E-state index contributed by atoms with van der Waals surface area (Å²) in [6.45, 7) is 14.3. The molecular weight excluding hydrogens is 380 g/mol. The highest BCUT2D eigenvalue weighted by atomic mass is 16.3. The summed E-state index contributed by atoms with van der Waals surface area (Å²) < 4.78 is 0. The average molecular weight is 433 g/mol. The van der Waals surface area contributed by atoms with Crippen molar-refractivity contribution in [3.05, 3.63) is 0 Å². The average Bonchev–Trinajstić information content (AvgIpc) is 3.09. The summed E-state index contributed by atoms with van der Waals surface area (Å²) in [5.74, 6) is 5.16. The van der Waals surface area contributed by atoms with E-state index in [2.05, 4.69) is 41.5 Å². The van der Waals surface area contributed by atoms with Crippen LogP contribution in [0.1, 0.15) is 119 Å². The zero-order chi connectivity index (χ0) is 22.6. The second kappa shape index (κ2) is 8.61. The van der Waals surface area contributed by atoms with Gasteiger partial charge in [-0.2, -0.15) is 0 Å². The van der Waals surface area contributed by atoms with Crippen molar-refractivity contribution in [1.29, 1.82) is 0 Å². The van der Waals surface area contributed by atoms with Crippen LogP contribution in [0.25, 0.3) is 0 Å². The van der Waals surface area contributed by atoms with Crippen LogP contribution >= 0.6 is 0 Å². The second-order valence-electron chi connectivity index (χ2n) is 13.6. The van der Waals surface area contributed by atoms with E-state index < -0.39 is 0 Å². The molecule has 31 heavy (non-hydrogen) atoms. The molecule has 0 spiro atoms. The number of aliphatic hydroxyl groups excluding tert-OH is 1. The Hall–Kier alpha value is -0.0800. The van der Waals surface area contributed by atoms with Gasteiger partial charge >= 0.3 is 0 Å². The maximum atomic E-state index is 11.0. The van der Waals surface area contributed by atoms with Crippen molar-refractivity contribution >= 4 is 0 Å². The third-order valence-corrected chi connectivity index (χ3v) is 11.8. The molecular formula is C29H52O2. The molecule has 4 rings (SSSR count). The number of hydrogen-bond acceptors (Lipinski definition) is 2. The molecule has 2 heteroatoms. The van der Waals surface area contributed by atoms with Gasteiger partial charge in [0.25, 0.3) is 0 Å². The van der Waals surface area contributed by atoms with Gasteiger partial charge in [-0.3, -0.25) is 0 Å². The third kappa shape index (κ3) is 4.05. The molecule has 0 bridgehead atoms. The molecule has 0 aliphatic heterocycles. The molecule has 4 aliphatic rings. The van der Waals surface area contributed by atoms with E-state index in [9.17, 15) is 10.2 Å². The lowest BCUT2D eigenvalue weighted by Crippen LogP contribution is -2.56. The number of rotatable bonds is 6. The van der Waals surface area contributed by atoms with Crippen LogP contribution in [0, 0.1) is 52.3 Å². The van der Waals surface area contributed by atoms with Crippen molar-refractivity contribution < 1.29 is 10.2 Å². The molecule has 0 heterocycles. The summed E-state index contributed by atoms with van der Waals surface area (Å²) in [6.07, 6.45) is 14.4. The van der Waals surface area contributed by atoms with Crippen molar-refractivity contribution in [2.24, 2.45) is 52.3 Å². The lowest BCUT2D eigenvalue weighted by atomic mass is 9.43. The van der Waals surface area contributed by atoms with Gasteiger partial charge in [0.15, 0.2) is 0 Å². The molecule has 0 aromatic carbocycles. The fourth-order valence-corrected chi connectivity index (χ4v) is 9.58. The fourth-order valence-electron chi connectivity index (χ4n) is 9.58. The van der Waals surface area contributed by atoms with Gasteiger partial charge in [0.1, 0.15) is 0 Å². The number of hydrogen-bond donors (Lipinski definition) is 2. The molecule has 180 valence electrons. The minimum Gasteiger partial charge on any atom is -0.393 e. The first-order valence-corrected chi connectivity index (χ1v) is 13.9. The van der Waals surface area contributed by atoms with Crippen LogP contribution in [0.15, 0.2) is 0 Å². The highest BCUT2D eigenvalue weighted by Crippen LogP contribution is 2.69. The van der Waals surface area contributed by atoms with Gasteiger partial charge in [-0.15, -0.1) is 0 Å². The van der Waals surface area contributed by atoms with E-state index in [0.717, 1.165) is 55.8 Å². The fraction of sp³-hybridized carbons (Fsp3) is 1.00. The van der Waals surface area contributed by atoms with Crippen LogP contribution in [-0.4, -0.2) is 21.9 Å². The van der Waals surface area contributed by atoms with Crippen molar-refractivity contribution in [3.8, 4) is 0 Å². The summed E-state index contributed by atoms with van der Waals surface area (Å²) in [5, 5.41) is 22.0. The number of fused-ring (bicyclic) bond motifs is 5. The molecule has 0 saturated heterocycles. The standard InChI is InChI=1S/C29H52O2/c1-7-29(31)17-16-27(5)21(18-29)9-10-22-24-12-11-23(28(24,6)15-14-25(22)27)20(4)26(30)13-8-19(2)3/h19-26,30-31H,7-18H2,1-6H3/t20-,21+,22-,23+,24-,25-,26?,27-,28+,29-/m0/s1. The van der Waals surface area contributed by atoms with Gasteiger partial charge in [-0.25, -0.2) is 0 Å². The van der Waals surface area contributed by atoms with Gasteiger partial charge in [0.2, 0.25) is 0 Å². The van der Waals surface area contributed by atoms with Crippen LogP contribution in [0.3, 0.4) is 0 Å². The predicted molar refractivity (Wildman–Crippen MR) is 130 cm³/mol. The van der Waals surface area contributed by atoms with Crippen molar-refractivity contribution in [3.63, 3.8) is 0 Å². The van der Waals surface area contributed by atoms with Gasteiger partial charge in [0.05, 0.1) is 11.7 Å². The Morgan fingerprint density at radius 1 is 0.839 bits per heavy atom. The van der Waals surface area contributed by atoms with E-state index >= 15 is 0 Å². The zero-order valence-electron chi connectivity index (χ0n) is 21.5. The minimum absolute atomic E-state index is 0.126. The quantitative estimate of drug-likeness (QED) is 0.465. The van der Waals surface area contributed by atoms with Gasteiger partial charge < -0.3 is 10.2 Å². The van der Waals surface area contributed by atoms with Crippen LogP contribution in [0.2, 0.25) is 0 Å². The minimum atomic E-state index is -0.389.